The van der Waals surface area contributed by atoms with Crippen molar-refractivity contribution in [1.82, 2.24) is 4.98 Å². The molecule has 1 N–H and O–H groups in total. The Hall–Kier alpha value is -3.47. The zero-order valence-corrected chi connectivity index (χ0v) is 16.6. The number of carbonyl (C=O) groups excluding carboxylic acids is 2. The van der Waals surface area contributed by atoms with E-state index in [1.54, 1.807) is 17.0 Å². The number of amides is 2. The Bertz CT molecular complexity index is 1090. The summed E-state index contributed by atoms with van der Waals surface area (Å²) < 4.78 is 0. The van der Waals surface area contributed by atoms with Crippen LogP contribution in [-0.4, -0.2) is 23.3 Å². The molecule has 0 unspecified atom stereocenters. The van der Waals surface area contributed by atoms with Crippen LogP contribution in [0.1, 0.15) is 44.0 Å². The predicted molar refractivity (Wildman–Crippen MR) is 115 cm³/mol. The maximum Gasteiger partial charge on any atom is 0.274 e. The summed E-state index contributed by atoms with van der Waals surface area (Å²) in [6.07, 6.45) is 3.41. The normalized spacial score (nSPS) is 13.0. The van der Waals surface area contributed by atoms with Crippen molar-refractivity contribution in [3.05, 3.63) is 88.7 Å². The van der Waals surface area contributed by atoms with Gasteiger partial charge in [0, 0.05) is 29.7 Å². The third-order valence-electron chi connectivity index (χ3n) is 5.23. The molecule has 0 bridgehead atoms. The summed E-state index contributed by atoms with van der Waals surface area (Å²) in [6, 6.07) is 17.0. The molecule has 0 saturated heterocycles. The first kappa shape index (κ1) is 18.9. The second-order valence-corrected chi connectivity index (χ2v) is 7.39. The van der Waals surface area contributed by atoms with Crippen molar-refractivity contribution < 1.29 is 9.59 Å². The number of nitrogens with zero attached hydrogens (tertiary/aromatic N) is 2. The molecule has 0 fully saturated rings. The number of para-hydroxylation sites is 1. The van der Waals surface area contributed by atoms with Crippen LogP contribution < -0.4 is 10.2 Å². The number of fused-ring (bicyclic) bond motifs is 1. The van der Waals surface area contributed by atoms with E-state index in [-0.39, 0.29) is 17.5 Å². The molecule has 1 aliphatic heterocycles. The van der Waals surface area contributed by atoms with E-state index in [1.807, 2.05) is 50.2 Å². The smallest absolute Gasteiger partial charge is 0.274 e. The summed E-state index contributed by atoms with van der Waals surface area (Å²) in [5.74, 6) is -0.439. The van der Waals surface area contributed by atoms with Crippen LogP contribution in [0.2, 0.25) is 0 Å². The van der Waals surface area contributed by atoms with E-state index in [4.69, 9.17) is 0 Å². The van der Waals surface area contributed by atoms with Crippen molar-refractivity contribution in [1.29, 1.82) is 0 Å². The topological polar surface area (TPSA) is 62.3 Å². The Morgan fingerprint density at radius 1 is 1.03 bits per heavy atom. The quantitative estimate of drug-likeness (QED) is 0.720. The van der Waals surface area contributed by atoms with Crippen LogP contribution in [0, 0.1) is 13.8 Å². The molecule has 1 aromatic heterocycles. The van der Waals surface area contributed by atoms with Crippen LogP contribution in [0.15, 0.2) is 60.8 Å². The van der Waals surface area contributed by atoms with Crippen LogP contribution in [0.25, 0.3) is 0 Å². The molecule has 0 saturated carbocycles. The van der Waals surface area contributed by atoms with Gasteiger partial charge in [0.05, 0.1) is 0 Å². The van der Waals surface area contributed by atoms with E-state index in [0.717, 1.165) is 35.3 Å². The average molecular weight is 385 g/mol. The fraction of sp³-hybridized carbons (Fsp3) is 0.208. The van der Waals surface area contributed by atoms with Crippen molar-refractivity contribution in [2.45, 2.75) is 26.7 Å². The fourth-order valence-electron chi connectivity index (χ4n) is 3.73. The van der Waals surface area contributed by atoms with Gasteiger partial charge in [-0.2, -0.15) is 0 Å². The molecule has 2 aromatic carbocycles. The second-order valence-electron chi connectivity index (χ2n) is 7.39. The molecule has 5 heteroatoms. The fourth-order valence-corrected chi connectivity index (χ4v) is 3.73. The molecule has 146 valence electrons. The lowest BCUT2D eigenvalue weighted by Crippen LogP contribution is -2.35. The first-order chi connectivity index (χ1) is 14.0. The van der Waals surface area contributed by atoms with Crippen LogP contribution in [0.4, 0.5) is 11.4 Å². The molecule has 0 atom stereocenters. The van der Waals surface area contributed by atoms with Gasteiger partial charge < -0.3 is 10.2 Å². The highest BCUT2D eigenvalue weighted by atomic mass is 16.2. The summed E-state index contributed by atoms with van der Waals surface area (Å²) >= 11 is 0. The van der Waals surface area contributed by atoms with Gasteiger partial charge in [0.15, 0.2) is 0 Å². The lowest BCUT2D eigenvalue weighted by atomic mass is 10.0. The van der Waals surface area contributed by atoms with E-state index in [0.29, 0.717) is 12.1 Å². The van der Waals surface area contributed by atoms with Gasteiger partial charge in [0.2, 0.25) is 0 Å². The lowest BCUT2D eigenvalue weighted by molar-refractivity contribution is 0.0985. The summed E-state index contributed by atoms with van der Waals surface area (Å²) in [5.41, 5.74) is 5.66. The maximum absolute atomic E-state index is 13.2. The SMILES string of the molecule is Cc1ccc(NC(=O)c2cc(C(=O)N3CCCc4ccccc43)ccn2)c(C)c1. The number of carbonyl (C=O) groups is 2. The zero-order valence-electron chi connectivity index (χ0n) is 16.6. The third kappa shape index (κ3) is 3.90. The second kappa shape index (κ2) is 7.87. The molecule has 4 rings (SSSR count). The number of benzene rings is 2. The van der Waals surface area contributed by atoms with Gasteiger partial charge in [-0.1, -0.05) is 35.9 Å². The van der Waals surface area contributed by atoms with E-state index in [9.17, 15) is 9.59 Å². The molecule has 3 aromatic rings. The number of aromatic nitrogens is 1. The summed E-state index contributed by atoms with van der Waals surface area (Å²) in [5, 5.41) is 2.89. The highest BCUT2D eigenvalue weighted by Crippen LogP contribution is 2.28. The Labute approximate surface area is 170 Å². The third-order valence-corrected chi connectivity index (χ3v) is 5.23. The minimum atomic E-state index is -0.328. The van der Waals surface area contributed by atoms with Crippen LogP contribution in [0.3, 0.4) is 0 Å². The Morgan fingerprint density at radius 2 is 1.86 bits per heavy atom. The summed E-state index contributed by atoms with van der Waals surface area (Å²) in [4.78, 5) is 31.8. The van der Waals surface area contributed by atoms with Gasteiger partial charge >= 0.3 is 0 Å². The minimum absolute atomic E-state index is 0.111. The van der Waals surface area contributed by atoms with Gasteiger partial charge in [0.25, 0.3) is 11.8 Å². The van der Waals surface area contributed by atoms with E-state index < -0.39 is 0 Å². The molecular formula is C24H23N3O2. The van der Waals surface area contributed by atoms with Gasteiger partial charge in [0.1, 0.15) is 5.69 Å². The molecule has 0 spiro atoms. The molecule has 5 nitrogen and oxygen atoms in total. The highest BCUT2D eigenvalue weighted by molar-refractivity contribution is 6.09. The van der Waals surface area contributed by atoms with Crippen molar-refractivity contribution in [2.75, 3.05) is 16.8 Å². The highest BCUT2D eigenvalue weighted by Gasteiger charge is 2.24. The Kier molecular flexibility index (Phi) is 5.12. The van der Waals surface area contributed by atoms with Gasteiger partial charge in [-0.15, -0.1) is 0 Å². The monoisotopic (exact) mass is 385 g/mol. The number of pyridine rings is 1. The maximum atomic E-state index is 13.2. The lowest BCUT2D eigenvalue weighted by Gasteiger charge is -2.29. The van der Waals surface area contributed by atoms with E-state index in [1.165, 1.54) is 11.8 Å². The van der Waals surface area contributed by atoms with Crippen molar-refractivity contribution in [3.8, 4) is 0 Å². The Balaban J connectivity index is 1.57. The molecule has 29 heavy (non-hydrogen) atoms. The molecule has 2 amide bonds. The van der Waals surface area contributed by atoms with Crippen molar-refractivity contribution in [2.24, 2.45) is 0 Å². The number of aryl methyl sites for hydroxylation is 3. The van der Waals surface area contributed by atoms with E-state index >= 15 is 0 Å². The van der Waals surface area contributed by atoms with Gasteiger partial charge in [-0.25, -0.2) is 0 Å². The standard InChI is InChI=1S/C24H23N3O2/c1-16-9-10-20(17(2)14-16)26-23(28)21-15-19(11-12-25-21)24(29)27-13-5-7-18-6-3-4-8-22(18)27/h3-4,6,8-12,14-15H,5,7,13H2,1-2H3,(H,26,28). The van der Waals surface area contributed by atoms with E-state index in [2.05, 4.69) is 16.4 Å². The van der Waals surface area contributed by atoms with Crippen molar-refractivity contribution in [3.63, 3.8) is 0 Å². The molecule has 1 aliphatic rings. The van der Waals surface area contributed by atoms with Crippen LogP contribution in [-0.2, 0) is 6.42 Å². The molecule has 0 radical (unpaired) electrons. The largest absolute Gasteiger partial charge is 0.320 e. The van der Waals surface area contributed by atoms with Crippen LogP contribution in [0.5, 0.6) is 0 Å². The minimum Gasteiger partial charge on any atom is -0.320 e. The summed E-state index contributed by atoms with van der Waals surface area (Å²) in [6.45, 7) is 4.63. The predicted octanol–water partition coefficient (Wildman–Crippen LogP) is 4.54. The molecular weight excluding hydrogens is 362 g/mol. The van der Waals surface area contributed by atoms with Gasteiger partial charge in [-0.3, -0.25) is 14.6 Å². The molecule has 2 heterocycles. The number of hydrogen-bond donors (Lipinski definition) is 1. The summed E-state index contributed by atoms with van der Waals surface area (Å²) in [7, 11) is 0. The zero-order chi connectivity index (χ0) is 20.4. The number of anilines is 2. The Morgan fingerprint density at radius 3 is 2.69 bits per heavy atom. The number of hydrogen-bond acceptors (Lipinski definition) is 3. The average Bonchev–Trinajstić information content (AvgIpc) is 2.75. The first-order valence-electron chi connectivity index (χ1n) is 9.77. The number of rotatable bonds is 3. The first-order valence-corrected chi connectivity index (χ1v) is 9.77. The van der Waals surface area contributed by atoms with Crippen LogP contribution >= 0.6 is 0 Å². The van der Waals surface area contributed by atoms with Crippen molar-refractivity contribution >= 4 is 23.2 Å². The molecule has 0 aliphatic carbocycles. The van der Waals surface area contributed by atoms with Gasteiger partial charge in [-0.05, 0) is 62.1 Å². The number of nitrogens with one attached hydrogen (secondary N) is 1.